The van der Waals surface area contributed by atoms with Gasteiger partial charge in [0.15, 0.2) is 6.19 Å². The third-order valence-corrected chi connectivity index (χ3v) is 4.64. The third kappa shape index (κ3) is 4.07. The number of nitrogens with one attached hydrogen (secondary N) is 3. The largest absolute Gasteiger partial charge is 0.369 e. The van der Waals surface area contributed by atoms with Gasteiger partial charge in [0.05, 0.1) is 5.69 Å². The Bertz CT molecular complexity index is 812. The van der Waals surface area contributed by atoms with Gasteiger partial charge in [0.2, 0.25) is 11.9 Å². The molecule has 2 aromatic heterocycles. The Morgan fingerprint density at radius 1 is 1.40 bits per heavy atom. The molecule has 1 amide bonds. The molecule has 1 aliphatic carbocycles. The van der Waals surface area contributed by atoms with E-state index in [-0.39, 0.29) is 17.8 Å². The van der Waals surface area contributed by atoms with Crippen LogP contribution in [0.25, 0.3) is 11.0 Å². The molecule has 8 heteroatoms. The van der Waals surface area contributed by atoms with Crippen LogP contribution in [0.15, 0.2) is 29.5 Å². The Kier molecular flexibility index (Phi) is 5.14. The lowest BCUT2D eigenvalue weighted by Crippen LogP contribution is -2.30. The second-order valence-corrected chi connectivity index (χ2v) is 6.27. The van der Waals surface area contributed by atoms with E-state index < -0.39 is 0 Å². The summed E-state index contributed by atoms with van der Waals surface area (Å²) in [5.74, 6) is 0.620. The van der Waals surface area contributed by atoms with Gasteiger partial charge in [-0.15, -0.1) is 0 Å². The van der Waals surface area contributed by atoms with Gasteiger partial charge in [-0.1, -0.05) is 0 Å². The van der Waals surface area contributed by atoms with Crippen molar-refractivity contribution in [3.05, 3.63) is 24.5 Å². The van der Waals surface area contributed by atoms with E-state index in [2.05, 4.69) is 25.6 Å². The van der Waals surface area contributed by atoms with Crippen LogP contribution >= 0.6 is 0 Å². The third-order valence-electron chi connectivity index (χ3n) is 4.64. The first kappa shape index (κ1) is 16.8. The van der Waals surface area contributed by atoms with E-state index in [0.29, 0.717) is 12.5 Å². The first-order chi connectivity index (χ1) is 12.2. The van der Waals surface area contributed by atoms with Gasteiger partial charge in [-0.3, -0.25) is 15.1 Å². The molecule has 1 fully saturated rings. The van der Waals surface area contributed by atoms with Crippen molar-refractivity contribution in [1.82, 2.24) is 15.3 Å². The van der Waals surface area contributed by atoms with E-state index in [1.165, 1.54) is 0 Å². The molecule has 130 valence electrons. The smallest absolute Gasteiger partial charge is 0.227 e. The molecule has 1 aliphatic rings. The second kappa shape index (κ2) is 7.66. The number of anilines is 1. The Labute approximate surface area is 145 Å². The number of aromatic amines is 1. The van der Waals surface area contributed by atoms with Gasteiger partial charge < -0.3 is 16.0 Å². The van der Waals surface area contributed by atoms with Gasteiger partial charge >= 0.3 is 0 Å². The average Bonchev–Trinajstić information content (AvgIpc) is 3.10. The van der Waals surface area contributed by atoms with Gasteiger partial charge in [0, 0.05) is 30.2 Å². The van der Waals surface area contributed by atoms with Crippen LogP contribution in [0.4, 0.5) is 5.69 Å². The number of rotatable bonds is 4. The molecule has 0 aromatic carbocycles. The summed E-state index contributed by atoms with van der Waals surface area (Å²) in [5, 5.41) is 14.7. The lowest BCUT2D eigenvalue weighted by Gasteiger charge is -2.26. The number of nitrogens with zero attached hydrogens (tertiary/aromatic N) is 3. The predicted molar refractivity (Wildman–Crippen MR) is 95.4 cm³/mol. The van der Waals surface area contributed by atoms with Crippen LogP contribution in [0.5, 0.6) is 0 Å². The monoisotopic (exact) mass is 339 g/mol. The number of guanidine groups is 1. The fraction of sp³-hybridized carbons (Fsp3) is 0.412. The van der Waals surface area contributed by atoms with Crippen molar-refractivity contribution < 1.29 is 4.79 Å². The van der Waals surface area contributed by atoms with Crippen molar-refractivity contribution in [1.29, 1.82) is 5.26 Å². The molecule has 25 heavy (non-hydrogen) atoms. The summed E-state index contributed by atoms with van der Waals surface area (Å²) in [6.45, 7) is 0.586. The van der Waals surface area contributed by atoms with Crippen LogP contribution in [-0.4, -0.2) is 28.4 Å². The number of amides is 1. The van der Waals surface area contributed by atoms with Crippen molar-refractivity contribution in [2.75, 3.05) is 11.9 Å². The first-order valence-electron chi connectivity index (χ1n) is 8.35. The fourth-order valence-corrected chi connectivity index (χ4v) is 3.24. The molecule has 1 saturated carbocycles. The summed E-state index contributed by atoms with van der Waals surface area (Å²) < 4.78 is 0. The minimum absolute atomic E-state index is 0.0111. The molecule has 0 saturated heterocycles. The number of pyridine rings is 1. The van der Waals surface area contributed by atoms with Crippen molar-refractivity contribution in [2.24, 2.45) is 22.6 Å². The number of hydrogen-bond donors (Lipinski definition) is 4. The highest BCUT2D eigenvalue weighted by Crippen LogP contribution is 2.30. The zero-order chi connectivity index (χ0) is 17.6. The number of aromatic nitrogens is 2. The van der Waals surface area contributed by atoms with Crippen LogP contribution in [0.2, 0.25) is 0 Å². The molecule has 0 aliphatic heterocycles. The van der Waals surface area contributed by atoms with Crippen LogP contribution in [0.3, 0.4) is 0 Å². The number of fused-ring (bicyclic) bond motifs is 1. The molecule has 0 unspecified atom stereocenters. The Hall–Kier alpha value is -3.08. The first-order valence-corrected chi connectivity index (χ1v) is 8.35. The molecule has 3 rings (SSSR count). The van der Waals surface area contributed by atoms with E-state index in [1.807, 2.05) is 18.3 Å². The van der Waals surface area contributed by atoms with E-state index in [9.17, 15) is 4.79 Å². The number of carbonyl (C=O) groups is 1. The van der Waals surface area contributed by atoms with Crippen molar-refractivity contribution >= 4 is 28.6 Å². The normalized spacial score (nSPS) is 20.8. The van der Waals surface area contributed by atoms with Gasteiger partial charge in [-0.25, -0.2) is 4.98 Å². The number of aliphatic imine (C=N–C) groups is 1. The summed E-state index contributed by atoms with van der Waals surface area (Å²) in [6.07, 6.45) is 8.76. The zero-order valence-corrected chi connectivity index (χ0v) is 13.8. The number of carbonyl (C=O) groups excluding carboxylic acids is 1. The molecule has 5 N–H and O–H groups in total. The van der Waals surface area contributed by atoms with Crippen LogP contribution < -0.4 is 16.4 Å². The van der Waals surface area contributed by atoms with Gasteiger partial charge in [0.25, 0.3) is 0 Å². The standard InChI is InChI=1S/C17H21N7O/c18-10-23-17(19)22-9-11-1-3-12(4-2-11)16(25)24-14-6-8-21-15-13(14)5-7-20-15/h5-8,11-12H,1-4,9H2,(H3,19,22,23)(H2,20,21,24,25). The maximum absolute atomic E-state index is 12.6. The zero-order valence-electron chi connectivity index (χ0n) is 13.8. The highest BCUT2D eigenvalue weighted by Gasteiger charge is 2.26. The predicted octanol–water partition coefficient (Wildman–Crippen LogP) is 1.69. The molecule has 2 aromatic rings. The Morgan fingerprint density at radius 2 is 2.20 bits per heavy atom. The lowest BCUT2D eigenvalue weighted by molar-refractivity contribution is -0.121. The van der Waals surface area contributed by atoms with Gasteiger partial charge in [-0.05, 0) is 43.7 Å². The van der Waals surface area contributed by atoms with Gasteiger partial charge in [0.1, 0.15) is 5.65 Å². The lowest BCUT2D eigenvalue weighted by atomic mass is 9.81. The number of nitriles is 1. The summed E-state index contributed by atoms with van der Waals surface area (Å²) in [5.41, 5.74) is 7.10. The molecule has 2 heterocycles. The highest BCUT2D eigenvalue weighted by atomic mass is 16.1. The summed E-state index contributed by atoms with van der Waals surface area (Å²) in [4.78, 5) is 24.0. The van der Waals surface area contributed by atoms with Crippen LogP contribution in [0.1, 0.15) is 25.7 Å². The number of hydrogen-bond acceptors (Lipinski definition) is 4. The molecule has 8 nitrogen and oxygen atoms in total. The minimum atomic E-state index is 0.0111. The van der Waals surface area contributed by atoms with Crippen LogP contribution in [-0.2, 0) is 4.79 Å². The molecular formula is C17H21N7O. The van der Waals surface area contributed by atoms with Crippen LogP contribution in [0, 0.1) is 23.3 Å². The molecule has 0 bridgehead atoms. The maximum atomic E-state index is 12.6. The summed E-state index contributed by atoms with van der Waals surface area (Å²) in [7, 11) is 0. The SMILES string of the molecule is N#CNC(N)=NCC1CCC(C(=O)Nc2ccnc3[nH]ccc23)CC1. The van der Waals surface area contributed by atoms with E-state index >= 15 is 0 Å². The minimum Gasteiger partial charge on any atom is -0.369 e. The Morgan fingerprint density at radius 3 is 2.96 bits per heavy atom. The van der Waals surface area contributed by atoms with E-state index in [4.69, 9.17) is 11.0 Å². The average molecular weight is 339 g/mol. The quantitative estimate of drug-likeness (QED) is 0.291. The molecule has 0 spiro atoms. The number of nitrogens with two attached hydrogens (primary N) is 1. The van der Waals surface area contributed by atoms with E-state index in [0.717, 1.165) is 42.4 Å². The van der Waals surface area contributed by atoms with E-state index in [1.54, 1.807) is 12.4 Å². The second-order valence-electron chi connectivity index (χ2n) is 6.27. The molecule has 0 atom stereocenters. The van der Waals surface area contributed by atoms with Crippen molar-refractivity contribution in [3.8, 4) is 6.19 Å². The molecular weight excluding hydrogens is 318 g/mol. The summed E-state index contributed by atoms with van der Waals surface area (Å²) >= 11 is 0. The van der Waals surface area contributed by atoms with Gasteiger partial charge in [-0.2, -0.15) is 5.26 Å². The maximum Gasteiger partial charge on any atom is 0.227 e. The topological polar surface area (TPSA) is 132 Å². The van der Waals surface area contributed by atoms with Crippen molar-refractivity contribution in [2.45, 2.75) is 25.7 Å². The molecule has 0 radical (unpaired) electrons. The fourth-order valence-electron chi connectivity index (χ4n) is 3.24. The number of H-pyrrole nitrogens is 1. The Balaban J connectivity index is 1.53. The highest BCUT2D eigenvalue weighted by molar-refractivity contribution is 6.00. The van der Waals surface area contributed by atoms with Crippen molar-refractivity contribution in [3.63, 3.8) is 0 Å². The summed E-state index contributed by atoms with van der Waals surface area (Å²) in [6, 6.07) is 3.73.